The van der Waals surface area contributed by atoms with Gasteiger partial charge in [0.05, 0.1) is 46.1 Å². The summed E-state index contributed by atoms with van der Waals surface area (Å²) in [7, 11) is 6.28. The number of amides is 2. The first-order valence-corrected chi connectivity index (χ1v) is 11.7. The summed E-state index contributed by atoms with van der Waals surface area (Å²) in [6.07, 6.45) is 0.654. The van der Waals surface area contributed by atoms with Gasteiger partial charge in [0.2, 0.25) is 5.91 Å². The van der Waals surface area contributed by atoms with Crippen molar-refractivity contribution in [2.75, 3.05) is 40.3 Å². The van der Waals surface area contributed by atoms with Crippen molar-refractivity contribution < 1.29 is 28.5 Å². The highest BCUT2D eigenvalue weighted by molar-refractivity contribution is 6.05. The Kier molecular flexibility index (Phi) is 6.18. The van der Waals surface area contributed by atoms with E-state index in [9.17, 15) is 9.59 Å². The molecular formula is C28H28N2O6. The quantitative estimate of drug-likeness (QED) is 0.560. The van der Waals surface area contributed by atoms with Gasteiger partial charge in [-0.1, -0.05) is 18.2 Å². The molecule has 0 radical (unpaired) electrons. The van der Waals surface area contributed by atoms with Crippen LogP contribution in [0.15, 0.2) is 54.6 Å². The fraction of sp³-hybridized carbons (Fsp3) is 0.286. The first-order chi connectivity index (χ1) is 17.5. The molecule has 2 atom stereocenters. The molecule has 0 saturated carbocycles. The normalized spacial score (nSPS) is 17.9. The van der Waals surface area contributed by atoms with Crippen molar-refractivity contribution in [1.29, 1.82) is 0 Å². The van der Waals surface area contributed by atoms with Crippen LogP contribution in [0.2, 0.25) is 0 Å². The van der Waals surface area contributed by atoms with Crippen molar-refractivity contribution >= 4 is 17.5 Å². The molecule has 186 valence electrons. The number of methoxy groups -OCH3 is 4. The third-order valence-electron chi connectivity index (χ3n) is 6.97. The van der Waals surface area contributed by atoms with Gasteiger partial charge in [-0.15, -0.1) is 0 Å². The van der Waals surface area contributed by atoms with E-state index in [1.807, 2.05) is 30.3 Å². The van der Waals surface area contributed by atoms with Gasteiger partial charge in [0.15, 0.2) is 11.5 Å². The highest BCUT2D eigenvalue weighted by atomic mass is 16.5. The van der Waals surface area contributed by atoms with Crippen LogP contribution in [0.25, 0.3) is 0 Å². The summed E-state index contributed by atoms with van der Waals surface area (Å²) in [5, 5.41) is 3.04. The average molecular weight is 489 g/mol. The number of benzene rings is 3. The van der Waals surface area contributed by atoms with Crippen LogP contribution in [0.4, 0.5) is 5.69 Å². The van der Waals surface area contributed by atoms with Crippen molar-refractivity contribution in [3.05, 3.63) is 76.9 Å². The van der Waals surface area contributed by atoms with Crippen molar-refractivity contribution in [2.24, 2.45) is 0 Å². The molecule has 0 unspecified atom stereocenters. The van der Waals surface area contributed by atoms with E-state index < -0.39 is 12.0 Å². The van der Waals surface area contributed by atoms with Gasteiger partial charge in [0.25, 0.3) is 5.91 Å². The number of ether oxygens (including phenoxy) is 4. The van der Waals surface area contributed by atoms with Crippen LogP contribution in [-0.2, 0) is 11.2 Å². The first kappa shape index (κ1) is 23.5. The van der Waals surface area contributed by atoms with Crippen LogP contribution >= 0.6 is 0 Å². The number of carbonyl (C=O) groups is 2. The zero-order valence-electron chi connectivity index (χ0n) is 20.7. The summed E-state index contributed by atoms with van der Waals surface area (Å²) >= 11 is 0. The summed E-state index contributed by atoms with van der Waals surface area (Å²) in [5.74, 6) is 1.31. The second-order valence-electron chi connectivity index (χ2n) is 8.72. The van der Waals surface area contributed by atoms with Gasteiger partial charge in [-0.05, 0) is 53.4 Å². The third-order valence-corrected chi connectivity index (χ3v) is 6.97. The summed E-state index contributed by atoms with van der Waals surface area (Å²) in [5.41, 5.74) is 3.66. The van der Waals surface area contributed by atoms with E-state index in [4.69, 9.17) is 18.9 Å². The van der Waals surface area contributed by atoms with Crippen molar-refractivity contribution in [1.82, 2.24) is 4.90 Å². The molecule has 0 aliphatic carbocycles. The molecule has 0 aromatic heterocycles. The molecule has 0 spiro atoms. The number of carbonyl (C=O) groups excluding carboxylic acids is 2. The van der Waals surface area contributed by atoms with Gasteiger partial charge in [-0.25, -0.2) is 0 Å². The van der Waals surface area contributed by atoms with E-state index in [1.165, 1.54) is 7.11 Å². The minimum atomic E-state index is -0.650. The summed E-state index contributed by atoms with van der Waals surface area (Å²) < 4.78 is 21.8. The Hall–Kier alpha value is -4.20. The molecule has 36 heavy (non-hydrogen) atoms. The number of rotatable bonds is 6. The molecule has 1 N–H and O–H groups in total. The van der Waals surface area contributed by atoms with Crippen molar-refractivity contribution in [2.45, 2.75) is 18.4 Å². The van der Waals surface area contributed by atoms with Gasteiger partial charge in [0.1, 0.15) is 11.5 Å². The lowest BCUT2D eigenvalue weighted by atomic mass is 9.75. The largest absolute Gasteiger partial charge is 0.497 e. The Bertz CT molecular complexity index is 1340. The molecule has 2 amide bonds. The summed E-state index contributed by atoms with van der Waals surface area (Å²) in [4.78, 5) is 29.3. The fourth-order valence-electron chi connectivity index (χ4n) is 5.25. The van der Waals surface area contributed by atoms with Crippen LogP contribution in [0.1, 0.15) is 39.0 Å². The Morgan fingerprint density at radius 3 is 2.31 bits per heavy atom. The lowest BCUT2D eigenvalue weighted by Crippen LogP contribution is -2.49. The van der Waals surface area contributed by atoms with Gasteiger partial charge in [-0.2, -0.15) is 0 Å². The number of anilines is 1. The van der Waals surface area contributed by atoms with Crippen LogP contribution in [0, 0.1) is 0 Å². The van der Waals surface area contributed by atoms with E-state index in [0.717, 1.165) is 11.1 Å². The van der Waals surface area contributed by atoms with Gasteiger partial charge < -0.3 is 29.2 Å². The average Bonchev–Trinajstić information content (AvgIpc) is 2.92. The Labute approximate surface area is 209 Å². The van der Waals surface area contributed by atoms with Crippen LogP contribution in [0.5, 0.6) is 23.0 Å². The number of nitrogens with zero attached hydrogens (tertiary/aromatic N) is 1. The lowest BCUT2D eigenvalue weighted by Gasteiger charge is -2.45. The molecule has 3 aromatic rings. The first-order valence-electron chi connectivity index (χ1n) is 11.7. The monoisotopic (exact) mass is 488 g/mol. The lowest BCUT2D eigenvalue weighted by molar-refractivity contribution is -0.119. The van der Waals surface area contributed by atoms with Crippen LogP contribution in [-0.4, -0.2) is 51.7 Å². The highest BCUT2D eigenvalue weighted by Crippen LogP contribution is 2.48. The van der Waals surface area contributed by atoms with E-state index in [-0.39, 0.29) is 11.8 Å². The smallest absolute Gasteiger partial charge is 0.254 e. The zero-order chi connectivity index (χ0) is 25.4. The van der Waals surface area contributed by atoms with Gasteiger partial charge in [-0.3, -0.25) is 9.59 Å². The molecule has 0 fully saturated rings. The molecule has 8 nitrogen and oxygen atoms in total. The van der Waals surface area contributed by atoms with E-state index in [2.05, 4.69) is 5.32 Å². The molecule has 5 rings (SSSR count). The molecule has 3 aromatic carbocycles. The maximum Gasteiger partial charge on any atom is 0.254 e. The van der Waals surface area contributed by atoms with Crippen LogP contribution < -0.4 is 24.3 Å². The fourth-order valence-corrected chi connectivity index (χ4v) is 5.25. The summed E-state index contributed by atoms with van der Waals surface area (Å²) in [6.45, 7) is 0.496. The topological polar surface area (TPSA) is 86.3 Å². The molecule has 8 heteroatoms. The summed E-state index contributed by atoms with van der Waals surface area (Å²) in [6, 6.07) is 15.9. The third kappa shape index (κ3) is 3.79. The number of nitrogens with one attached hydrogen (secondary N) is 1. The maximum absolute atomic E-state index is 14.0. The molecule has 0 saturated heterocycles. The minimum Gasteiger partial charge on any atom is -0.497 e. The standard InChI is InChI=1S/C28H28N2O6/c1-33-17-9-10-21(22(14-17)34-2)29-27(31)25-18-7-5-6-8-19(18)28(32)30-12-11-16-13-23(35-3)24(36-4)15-20(16)26(25)30/h5-10,13-15,25-26H,11-12H2,1-4H3,(H,29,31)/t25-,26+/m1/s1. The van der Waals surface area contributed by atoms with E-state index >= 15 is 0 Å². The SMILES string of the molecule is COc1ccc(NC(=O)[C@@H]2c3ccccc3C(=O)N3CCc4cc(OC)c(OC)cc4[C@@H]23)c(OC)c1. The molecule has 2 aliphatic rings. The Morgan fingerprint density at radius 1 is 0.861 bits per heavy atom. The van der Waals surface area contributed by atoms with E-state index in [0.29, 0.717) is 52.8 Å². The molecule has 2 aliphatic heterocycles. The maximum atomic E-state index is 14.0. The van der Waals surface area contributed by atoms with Gasteiger partial charge >= 0.3 is 0 Å². The zero-order valence-corrected chi connectivity index (χ0v) is 20.7. The van der Waals surface area contributed by atoms with Crippen molar-refractivity contribution in [3.63, 3.8) is 0 Å². The highest BCUT2D eigenvalue weighted by Gasteiger charge is 2.46. The number of fused-ring (bicyclic) bond motifs is 4. The second kappa shape index (κ2) is 9.45. The minimum absolute atomic E-state index is 0.0814. The Morgan fingerprint density at radius 2 is 1.58 bits per heavy atom. The second-order valence-corrected chi connectivity index (χ2v) is 8.72. The predicted molar refractivity (Wildman–Crippen MR) is 134 cm³/mol. The Balaban J connectivity index is 1.63. The predicted octanol–water partition coefficient (Wildman–Crippen LogP) is 4.20. The number of hydrogen-bond donors (Lipinski definition) is 1. The van der Waals surface area contributed by atoms with Crippen molar-refractivity contribution in [3.8, 4) is 23.0 Å². The van der Waals surface area contributed by atoms with Gasteiger partial charge in [0, 0.05) is 18.2 Å². The molecule has 0 bridgehead atoms. The molecular weight excluding hydrogens is 460 g/mol. The molecule has 2 heterocycles. The van der Waals surface area contributed by atoms with E-state index in [1.54, 1.807) is 50.5 Å². The number of hydrogen-bond acceptors (Lipinski definition) is 6. The van der Waals surface area contributed by atoms with Crippen LogP contribution in [0.3, 0.4) is 0 Å².